The first-order valence-corrected chi connectivity index (χ1v) is 10.9. The third kappa shape index (κ3) is 3.66. The third-order valence-corrected chi connectivity index (χ3v) is 6.39. The van der Waals surface area contributed by atoms with Gasteiger partial charge in [0.15, 0.2) is 5.11 Å². The summed E-state index contributed by atoms with van der Waals surface area (Å²) in [6.07, 6.45) is 1.62. The van der Waals surface area contributed by atoms with Crippen molar-refractivity contribution in [1.82, 2.24) is 9.88 Å². The number of hydrogen-bond donors (Lipinski definition) is 1. The van der Waals surface area contributed by atoms with E-state index >= 15 is 0 Å². The van der Waals surface area contributed by atoms with Gasteiger partial charge in [0.25, 0.3) is 11.8 Å². The van der Waals surface area contributed by atoms with Crippen LogP contribution in [-0.2, 0) is 9.59 Å². The molecule has 5 nitrogen and oxygen atoms in total. The Morgan fingerprint density at radius 3 is 2.38 bits per heavy atom. The summed E-state index contributed by atoms with van der Waals surface area (Å²) in [4.78, 5) is 27.3. The van der Waals surface area contributed by atoms with Gasteiger partial charge in [-0.25, -0.2) is 0 Å². The minimum absolute atomic E-state index is 0.000246. The maximum atomic E-state index is 13.3. The van der Waals surface area contributed by atoms with Crippen LogP contribution in [0.4, 0.5) is 5.69 Å². The van der Waals surface area contributed by atoms with Crippen molar-refractivity contribution in [3.8, 4) is 5.69 Å². The van der Waals surface area contributed by atoms with Gasteiger partial charge in [-0.15, -0.1) is 0 Å². The van der Waals surface area contributed by atoms with Crippen LogP contribution in [-0.4, -0.2) is 21.5 Å². The number of carbonyl (C=O) groups excluding carboxylic acids is 2. The number of nitrogens with one attached hydrogen (secondary N) is 1. The Labute approximate surface area is 197 Å². The molecule has 2 aromatic carbocycles. The zero-order valence-electron chi connectivity index (χ0n) is 18.2. The number of rotatable bonds is 3. The standard InChI is InChI=1S/C25H22ClN3O2S/c1-14-8-7-11-21(16(14)3)28-15(2)12-18(17(28)4)13-19-23(30)27-25(32)29(24(19)31)22-10-6-5-9-20(22)26/h5-13H,1-4H3,(H,27,30,32)/b19-13+. The number of thiocarbonyl (C=S) groups is 1. The molecule has 0 atom stereocenters. The zero-order chi connectivity index (χ0) is 23.2. The van der Waals surface area contributed by atoms with Crippen LogP contribution in [0.5, 0.6) is 0 Å². The van der Waals surface area contributed by atoms with Crippen LogP contribution in [0.3, 0.4) is 0 Å². The lowest BCUT2D eigenvalue weighted by Gasteiger charge is -2.29. The fourth-order valence-corrected chi connectivity index (χ4v) is 4.44. The summed E-state index contributed by atoms with van der Waals surface area (Å²) in [5, 5.41) is 2.98. The molecule has 0 radical (unpaired) electrons. The molecular formula is C25H22ClN3O2S. The van der Waals surface area contributed by atoms with Crippen LogP contribution in [0.15, 0.2) is 54.1 Å². The van der Waals surface area contributed by atoms with Gasteiger partial charge in [0.2, 0.25) is 0 Å². The molecule has 4 rings (SSSR count). The Kier molecular flexibility index (Phi) is 5.75. The molecule has 32 heavy (non-hydrogen) atoms. The van der Waals surface area contributed by atoms with Gasteiger partial charge in [0.1, 0.15) is 5.57 Å². The number of benzene rings is 2. The quantitative estimate of drug-likeness (QED) is 0.330. The summed E-state index contributed by atoms with van der Waals surface area (Å²) in [6, 6.07) is 15.0. The highest BCUT2D eigenvalue weighted by molar-refractivity contribution is 7.80. The molecule has 0 spiro atoms. The van der Waals surface area contributed by atoms with E-state index in [1.807, 2.05) is 26.0 Å². The molecule has 1 fully saturated rings. The lowest BCUT2D eigenvalue weighted by Crippen LogP contribution is -2.54. The molecule has 2 amide bonds. The molecule has 1 aliphatic heterocycles. The third-order valence-electron chi connectivity index (χ3n) is 5.78. The number of aromatic nitrogens is 1. The van der Waals surface area contributed by atoms with Crippen molar-refractivity contribution < 1.29 is 9.59 Å². The van der Waals surface area contributed by atoms with Crippen molar-refractivity contribution in [3.63, 3.8) is 0 Å². The van der Waals surface area contributed by atoms with Crippen LogP contribution in [0.2, 0.25) is 5.02 Å². The molecule has 0 aliphatic carbocycles. The van der Waals surface area contributed by atoms with Crippen molar-refractivity contribution in [2.24, 2.45) is 0 Å². The van der Waals surface area contributed by atoms with Crippen LogP contribution >= 0.6 is 23.8 Å². The number of halogens is 1. The molecule has 1 N–H and O–H groups in total. The van der Waals surface area contributed by atoms with Crippen LogP contribution < -0.4 is 10.2 Å². The van der Waals surface area contributed by atoms with E-state index < -0.39 is 11.8 Å². The SMILES string of the molecule is Cc1cccc(-n2c(C)cc(/C=C3\C(=O)NC(=S)N(c4ccccc4Cl)C3=O)c2C)c1C. The topological polar surface area (TPSA) is 54.3 Å². The van der Waals surface area contributed by atoms with Gasteiger partial charge in [-0.3, -0.25) is 19.8 Å². The Morgan fingerprint density at radius 1 is 0.969 bits per heavy atom. The summed E-state index contributed by atoms with van der Waals surface area (Å²) < 4.78 is 2.14. The van der Waals surface area contributed by atoms with E-state index in [4.69, 9.17) is 23.8 Å². The second-order valence-corrected chi connectivity index (χ2v) is 8.58. The van der Waals surface area contributed by atoms with Crippen molar-refractivity contribution in [1.29, 1.82) is 0 Å². The maximum absolute atomic E-state index is 13.3. The van der Waals surface area contributed by atoms with E-state index in [0.717, 1.165) is 22.6 Å². The highest BCUT2D eigenvalue weighted by Gasteiger charge is 2.35. The number of amides is 2. The van der Waals surface area contributed by atoms with E-state index in [-0.39, 0.29) is 10.7 Å². The van der Waals surface area contributed by atoms with E-state index in [9.17, 15) is 9.59 Å². The van der Waals surface area contributed by atoms with E-state index in [1.165, 1.54) is 16.0 Å². The van der Waals surface area contributed by atoms with Gasteiger partial charge in [-0.05, 0) is 86.9 Å². The lowest BCUT2D eigenvalue weighted by atomic mass is 10.1. The van der Waals surface area contributed by atoms with E-state index in [0.29, 0.717) is 10.7 Å². The highest BCUT2D eigenvalue weighted by atomic mass is 35.5. The van der Waals surface area contributed by atoms with Crippen molar-refractivity contribution in [2.45, 2.75) is 27.7 Å². The molecular weight excluding hydrogens is 442 g/mol. The largest absolute Gasteiger partial charge is 0.318 e. The minimum atomic E-state index is -0.528. The summed E-state index contributed by atoms with van der Waals surface area (Å²) in [6.45, 7) is 8.14. The average molecular weight is 464 g/mol. The van der Waals surface area contributed by atoms with Crippen LogP contribution in [0.1, 0.15) is 28.1 Å². The zero-order valence-corrected chi connectivity index (χ0v) is 19.8. The number of aryl methyl sites for hydroxylation is 2. The van der Waals surface area contributed by atoms with Crippen molar-refractivity contribution >= 4 is 52.5 Å². The number of carbonyl (C=O) groups is 2. The predicted molar refractivity (Wildman–Crippen MR) is 132 cm³/mol. The van der Waals surface area contributed by atoms with Crippen LogP contribution in [0, 0.1) is 27.7 Å². The van der Waals surface area contributed by atoms with Gasteiger partial charge in [-0.1, -0.05) is 35.9 Å². The molecule has 3 aromatic rings. The number of anilines is 1. The molecule has 0 bridgehead atoms. The summed E-state index contributed by atoms with van der Waals surface area (Å²) in [7, 11) is 0. The summed E-state index contributed by atoms with van der Waals surface area (Å²) >= 11 is 11.6. The van der Waals surface area contributed by atoms with Crippen LogP contribution in [0.25, 0.3) is 11.8 Å². The monoisotopic (exact) mass is 463 g/mol. The first kappa shape index (κ1) is 22.0. The number of hydrogen-bond acceptors (Lipinski definition) is 3. The molecule has 0 saturated carbocycles. The summed E-state index contributed by atoms with van der Waals surface area (Å²) in [5.41, 5.74) is 6.59. The van der Waals surface area contributed by atoms with Gasteiger partial charge in [-0.2, -0.15) is 0 Å². The van der Waals surface area contributed by atoms with Gasteiger partial charge in [0.05, 0.1) is 10.7 Å². The maximum Gasteiger partial charge on any atom is 0.270 e. The lowest BCUT2D eigenvalue weighted by molar-refractivity contribution is -0.122. The fraction of sp³-hybridized carbons (Fsp3) is 0.160. The normalized spacial score (nSPS) is 15.5. The van der Waals surface area contributed by atoms with Gasteiger partial charge >= 0.3 is 0 Å². The Morgan fingerprint density at radius 2 is 1.66 bits per heavy atom. The van der Waals surface area contributed by atoms with Gasteiger partial charge < -0.3 is 4.57 Å². The highest BCUT2D eigenvalue weighted by Crippen LogP contribution is 2.30. The summed E-state index contributed by atoms with van der Waals surface area (Å²) in [5.74, 6) is -1.04. The molecule has 2 heterocycles. The van der Waals surface area contributed by atoms with E-state index in [1.54, 1.807) is 30.3 Å². The second-order valence-electron chi connectivity index (χ2n) is 7.79. The molecule has 7 heteroatoms. The fourth-order valence-electron chi connectivity index (χ4n) is 3.95. The molecule has 0 unspecified atom stereocenters. The van der Waals surface area contributed by atoms with Crippen molar-refractivity contribution in [2.75, 3.05) is 4.90 Å². The molecule has 162 valence electrons. The van der Waals surface area contributed by atoms with Crippen molar-refractivity contribution in [3.05, 3.63) is 87.2 Å². The Balaban J connectivity index is 1.81. The Hall–Kier alpha value is -3.22. The van der Waals surface area contributed by atoms with Gasteiger partial charge in [0, 0.05) is 17.1 Å². The first-order chi connectivity index (χ1) is 15.2. The Bertz CT molecular complexity index is 1320. The minimum Gasteiger partial charge on any atom is -0.318 e. The first-order valence-electron chi connectivity index (χ1n) is 10.1. The smallest absolute Gasteiger partial charge is 0.270 e. The average Bonchev–Trinajstić information content (AvgIpc) is 3.01. The molecule has 1 saturated heterocycles. The van der Waals surface area contributed by atoms with E-state index in [2.05, 4.69) is 35.9 Å². The number of nitrogens with zero attached hydrogens (tertiary/aromatic N) is 2. The number of para-hydroxylation sites is 1. The molecule has 1 aliphatic rings. The second kappa shape index (κ2) is 8.37. The molecule has 1 aromatic heterocycles. The predicted octanol–water partition coefficient (Wildman–Crippen LogP) is 5.20.